The summed E-state index contributed by atoms with van der Waals surface area (Å²) in [4.78, 5) is 25.3. The van der Waals surface area contributed by atoms with Gasteiger partial charge in [0.2, 0.25) is 6.08 Å². The summed E-state index contributed by atoms with van der Waals surface area (Å²) >= 11 is 0. The third-order valence-corrected chi connectivity index (χ3v) is 2.64. The topological polar surface area (TPSA) is 108 Å². The largest absolute Gasteiger partial charge is 0.444 e. The van der Waals surface area contributed by atoms with Gasteiger partial charge in [0.15, 0.2) is 0 Å². The van der Waals surface area contributed by atoms with Gasteiger partial charge in [-0.05, 0) is 26.8 Å². The predicted octanol–water partition coefficient (Wildman–Crippen LogP) is 1.57. The van der Waals surface area contributed by atoms with Crippen molar-refractivity contribution in [2.75, 3.05) is 6.54 Å². The average molecular weight is 308 g/mol. The molecule has 1 aromatic rings. The number of aliphatic hydroxyl groups is 2. The van der Waals surface area contributed by atoms with Crippen LogP contribution in [0.2, 0.25) is 0 Å². The van der Waals surface area contributed by atoms with Gasteiger partial charge in [0, 0.05) is 12.1 Å². The highest BCUT2D eigenvalue weighted by molar-refractivity contribution is 5.67. The number of rotatable bonds is 5. The molecule has 0 fully saturated rings. The van der Waals surface area contributed by atoms with E-state index in [0.29, 0.717) is 0 Å². The number of hydrogen-bond acceptors (Lipinski definition) is 6. The van der Waals surface area contributed by atoms with E-state index >= 15 is 0 Å². The van der Waals surface area contributed by atoms with Crippen molar-refractivity contribution in [1.82, 2.24) is 5.32 Å². The van der Waals surface area contributed by atoms with Crippen molar-refractivity contribution in [2.24, 2.45) is 4.99 Å². The Labute approximate surface area is 128 Å². The van der Waals surface area contributed by atoms with Gasteiger partial charge in [-0.3, -0.25) is 0 Å². The van der Waals surface area contributed by atoms with Crippen molar-refractivity contribution >= 4 is 17.9 Å². The van der Waals surface area contributed by atoms with E-state index in [1.165, 1.54) is 18.2 Å². The molecule has 0 saturated carbocycles. The molecule has 7 nitrogen and oxygen atoms in total. The molecule has 7 heteroatoms. The molecule has 0 radical (unpaired) electrons. The number of amides is 1. The third-order valence-electron chi connectivity index (χ3n) is 2.64. The molecular weight excluding hydrogens is 288 g/mol. The first kappa shape index (κ1) is 17.8. The van der Waals surface area contributed by atoms with Crippen LogP contribution in [0.3, 0.4) is 0 Å². The van der Waals surface area contributed by atoms with Crippen LogP contribution in [0.15, 0.2) is 29.3 Å². The Hall–Kier alpha value is -2.21. The molecule has 22 heavy (non-hydrogen) atoms. The lowest BCUT2D eigenvalue weighted by Gasteiger charge is -2.22. The fourth-order valence-corrected chi connectivity index (χ4v) is 1.71. The maximum atomic E-state index is 11.5. The quantitative estimate of drug-likeness (QED) is 0.565. The fraction of sp³-hybridized carbons (Fsp3) is 0.467. The number of alkyl carbamates (subject to hydrolysis) is 1. The van der Waals surface area contributed by atoms with Crippen molar-refractivity contribution < 1.29 is 24.5 Å². The molecule has 1 rings (SSSR count). The Bertz CT molecular complexity index is 561. The standard InChI is InChI=1S/C15H20N2O5/c1-15(2,3)22-14(21)16-8-12(19)13(20)10-6-4-5-7-11(10)17-9-18/h4-7,12-13,19-20H,8H2,1-3H3,(H,16,21). The van der Waals surface area contributed by atoms with Crippen molar-refractivity contribution in [3.05, 3.63) is 29.8 Å². The van der Waals surface area contributed by atoms with Gasteiger partial charge in [0.05, 0.1) is 5.69 Å². The minimum absolute atomic E-state index is 0.210. The van der Waals surface area contributed by atoms with E-state index in [2.05, 4.69) is 10.3 Å². The van der Waals surface area contributed by atoms with Crippen LogP contribution in [0.4, 0.5) is 10.5 Å². The van der Waals surface area contributed by atoms with E-state index in [9.17, 15) is 19.8 Å². The number of carbonyl (C=O) groups is 1. The van der Waals surface area contributed by atoms with Crippen LogP contribution in [0.5, 0.6) is 0 Å². The highest BCUT2D eigenvalue weighted by Gasteiger charge is 2.23. The van der Waals surface area contributed by atoms with Gasteiger partial charge in [-0.2, -0.15) is 4.99 Å². The Balaban J connectivity index is 2.68. The lowest BCUT2D eigenvalue weighted by atomic mass is 10.0. The molecule has 120 valence electrons. The lowest BCUT2D eigenvalue weighted by Crippen LogP contribution is -2.38. The van der Waals surface area contributed by atoms with Crippen molar-refractivity contribution in [3.63, 3.8) is 0 Å². The molecule has 0 heterocycles. The SMILES string of the molecule is CC(C)(C)OC(=O)NCC(O)C(O)c1ccccc1N=C=O. The van der Waals surface area contributed by atoms with Crippen LogP contribution in [-0.4, -0.2) is 40.6 Å². The number of nitrogens with one attached hydrogen (secondary N) is 1. The molecular formula is C15H20N2O5. The summed E-state index contributed by atoms with van der Waals surface area (Å²) in [6.45, 7) is 4.93. The lowest BCUT2D eigenvalue weighted by molar-refractivity contribution is 0.0132. The maximum absolute atomic E-state index is 11.5. The number of benzene rings is 1. The van der Waals surface area contributed by atoms with E-state index in [1.807, 2.05) is 0 Å². The summed E-state index contributed by atoms with van der Waals surface area (Å²) < 4.78 is 5.02. The van der Waals surface area contributed by atoms with E-state index < -0.39 is 23.9 Å². The maximum Gasteiger partial charge on any atom is 0.407 e. The second kappa shape index (κ2) is 7.70. The summed E-state index contributed by atoms with van der Waals surface area (Å²) in [5, 5.41) is 22.4. The van der Waals surface area contributed by atoms with Gasteiger partial charge in [-0.1, -0.05) is 18.2 Å². The average Bonchev–Trinajstić information content (AvgIpc) is 2.43. The fourth-order valence-electron chi connectivity index (χ4n) is 1.71. The molecule has 1 aromatic carbocycles. The Morgan fingerprint density at radius 1 is 1.36 bits per heavy atom. The molecule has 0 aliphatic carbocycles. The molecule has 2 unspecified atom stereocenters. The van der Waals surface area contributed by atoms with E-state index in [4.69, 9.17) is 4.74 Å². The normalized spacial score (nSPS) is 13.7. The van der Waals surface area contributed by atoms with Gasteiger partial charge in [-0.15, -0.1) is 0 Å². The van der Waals surface area contributed by atoms with Crippen LogP contribution >= 0.6 is 0 Å². The van der Waals surface area contributed by atoms with Crippen molar-refractivity contribution in [2.45, 2.75) is 38.6 Å². The third kappa shape index (κ3) is 5.65. The van der Waals surface area contributed by atoms with Gasteiger partial charge in [0.25, 0.3) is 0 Å². The van der Waals surface area contributed by atoms with Gasteiger partial charge in [0.1, 0.15) is 17.8 Å². The minimum Gasteiger partial charge on any atom is -0.444 e. The summed E-state index contributed by atoms with van der Waals surface area (Å²) in [5.74, 6) is 0. The zero-order valence-electron chi connectivity index (χ0n) is 12.7. The highest BCUT2D eigenvalue weighted by Crippen LogP contribution is 2.27. The molecule has 3 N–H and O–H groups in total. The van der Waals surface area contributed by atoms with Gasteiger partial charge >= 0.3 is 6.09 Å². The van der Waals surface area contributed by atoms with Crippen molar-refractivity contribution in [3.8, 4) is 0 Å². The molecule has 1 amide bonds. The number of para-hydroxylation sites is 1. The number of nitrogens with zero attached hydrogens (tertiary/aromatic N) is 1. The molecule has 0 spiro atoms. The molecule has 0 saturated heterocycles. The predicted molar refractivity (Wildman–Crippen MR) is 79.4 cm³/mol. The van der Waals surface area contributed by atoms with Crippen LogP contribution in [0, 0.1) is 0 Å². The Morgan fingerprint density at radius 3 is 2.59 bits per heavy atom. The van der Waals surface area contributed by atoms with Crippen LogP contribution in [0.25, 0.3) is 0 Å². The van der Waals surface area contributed by atoms with Gasteiger partial charge in [-0.25, -0.2) is 9.59 Å². The number of ether oxygens (including phenoxy) is 1. The zero-order valence-corrected chi connectivity index (χ0v) is 12.7. The van der Waals surface area contributed by atoms with E-state index in [0.717, 1.165) is 0 Å². The zero-order chi connectivity index (χ0) is 16.8. The van der Waals surface area contributed by atoms with Crippen LogP contribution in [-0.2, 0) is 9.53 Å². The molecule has 2 atom stereocenters. The second-order valence-corrected chi connectivity index (χ2v) is 5.66. The molecule has 0 aliphatic rings. The first-order valence-corrected chi connectivity index (χ1v) is 6.74. The number of aliphatic hydroxyl groups excluding tert-OH is 2. The first-order valence-electron chi connectivity index (χ1n) is 6.74. The number of carbonyl (C=O) groups excluding carboxylic acids is 2. The first-order chi connectivity index (χ1) is 10.2. The number of aliphatic imine (C=N–C) groups is 1. The van der Waals surface area contributed by atoms with Crippen molar-refractivity contribution in [1.29, 1.82) is 0 Å². The monoisotopic (exact) mass is 308 g/mol. The second-order valence-electron chi connectivity index (χ2n) is 5.66. The summed E-state index contributed by atoms with van der Waals surface area (Å²) in [5.41, 5.74) is -0.176. The Kier molecular flexibility index (Phi) is 6.24. The summed E-state index contributed by atoms with van der Waals surface area (Å²) in [6.07, 6.45) is -1.91. The number of hydrogen-bond donors (Lipinski definition) is 3. The smallest absolute Gasteiger partial charge is 0.407 e. The van der Waals surface area contributed by atoms with Crippen LogP contribution in [0.1, 0.15) is 32.4 Å². The molecule has 0 bridgehead atoms. The summed E-state index contributed by atoms with van der Waals surface area (Å²) in [6, 6.07) is 6.31. The highest BCUT2D eigenvalue weighted by atomic mass is 16.6. The van der Waals surface area contributed by atoms with Gasteiger partial charge < -0.3 is 20.3 Å². The number of isocyanates is 1. The van der Waals surface area contributed by atoms with Crippen LogP contribution < -0.4 is 5.32 Å². The molecule has 0 aliphatic heterocycles. The molecule has 0 aromatic heterocycles. The Morgan fingerprint density at radius 2 is 2.00 bits per heavy atom. The minimum atomic E-state index is -1.32. The van der Waals surface area contributed by atoms with E-state index in [-0.39, 0.29) is 17.8 Å². The summed E-state index contributed by atoms with van der Waals surface area (Å²) in [7, 11) is 0. The van der Waals surface area contributed by atoms with E-state index in [1.54, 1.807) is 32.9 Å².